The van der Waals surface area contributed by atoms with Crippen molar-refractivity contribution in [3.63, 3.8) is 0 Å². The summed E-state index contributed by atoms with van der Waals surface area (Å²) in [5.74, 6) is 0. The molecule has 0 radical (unpaired) electrons. The van der Waals surface area contributed by atoms with Crippen LogP contribution in [0.5, 0.6) is 0 Å². The number of aliphatic hydroxyl groups excluding tert-OH is 1. The maximum Gasteiger partial charge on any atom is 0.417 e. The first kappa shape index (κ1) is 17.1. The van der Waals surface area contributed by atoms with Gasteiger partial charge in [-0.1, -0.05) is 30.3 Å². The number of benzene rings is 1. The van der Waals surface area contributed by atoms with Gasteiger partial charge in [-0.05, 0) is 5.56 Å². The van der Waals surface area contributed by atoms with Crippen LogP contribution in [-0.4, -0.2) is 38.9 Å². The fourth-order valence-electron chi connectivity index (χ4n) is 1.35. The monoisotopic (exact) mass is 313 g/mol. The highest BCUT2D eigenvalue weighted by atomic mass is 32.2. The van der Waals surface area contributed by atoms with Gasteiger partial charge in [0.2, 0.25) is 0 Å². The van der Waals surface area contributed by atoms with E-state index in [-0.39, 0.29) is 6.61 Å². The first-order valence-corrected chi connectivity index (χ1v) is 6.43. The Morgan fingerprint density at radius 3 is 2.40 bits per heavy atom. The Hall–Kier alpha value is -1.00. The second kappa shape index (κ2) is 7.70. The lowest BCUT2D eigenvalue weighted by molar-refractivity contribution is -0.231. The van der Waals surface area contributed by atoms with Crippen LogP contribution in [0.3, 0.4) is 0 Å². The van der Waals surface area contributed by atoms with Crippen LogP contribution in [0.15, 0.2) is 30.3 Å². The van der Waals surface area contributed by atoms with Crippen LogP contribution in [0.1, 0.15) is 5.56 Å². The molecule has 0 heterocycles. The fraction of sp³-hybridized carbons (Fsp3) is 0.455. The van der Waals surface area contributed by atoms with Crippen LogP contribution in [0, 0.1) is 0 Å². The van der Waals surface area contributed by atoms with Gasteiger partial charge in [-0.25, -0.2) is 4.21 Å². The number of hydrogen-bond donors (Lipinski definition) is 1. The van der Waals surface area contributed by atoms with E-state index in [1.807, 2.05) is 0 Å². The van der Waals surface area contributed by atoms with Crippen LogP contribution >= 0.6 is 0 Å². The molecule has 20 heavy (non-hydrogen) atoms. The number of halogens is 3. The van der Waals surface area contributed by atoms with E-state index in [0.717, 1.165) is 0 Å². The van der Waals surface area contributed by atoms with Gasteiger partial charge in [0.05, 0.1) is 24.6 Å². The molecule has 1 aromatic rings. The average Bonchev–Trinajstić information content (AvgIpc) is 2.36. The Labute approximate surface area is 115 Å². The van der Waals surface area contributed by atoms with Gasteiger partial charge >= 0.3 is 6.18 Å². The van der Waals surface area contributed by atoms with Crippen molar-refractivity contribution < 1.29 is 36.0 Å². The van der Waals surface area contributed by atoms with E-state index < -0.39 is 36.4 Å². The molecular formula is C11H12F3O5S-. The second-order valence-electron chi connectivity index (χ2n) is 3.83. The number of ether oxygens (including phenoxy) is 1. The molecule has 0 saturated heterocycles. The molecule has 1 N–H and O–H groups in total. The zero-order valence-electron chi connectivity index (χ0n) is 10.1. The third-order valence-electron chi connectivity index (χ3n) is 2.28. The molecule has 9 heteroatoms. The summed E-state index contributed by atoms with van der Waals surface area (Å²) in [5.41, 5.74) is 0.691. The molecule has 3 atom stereocenters. The van der Waals surface area contributed by atoms with Crippen LogP contribution in [0.2, 0.25) is 0 Å². The van der Waals surface area contributed by atoms with E-state index >= 15 is 0 Å². The average molecular weight is 313 g/mol. The number of aliphatic hydroxyl groups is 1. The van der Waals surface area contributed by atoms with Crippen molar-refractivity contribution in [2.24, 2.45) is 0 Å². The Balaban J connectivity index is 2.55. The predicted molar refractivity (Wildman–Crippen MR) is 62.0 cm³/mol. The van der Waals surface area contributed by atoms with E-state index in [2.05, 4.69) is 4.18 Å². The van der Waals surface area contributed by atoms with Crippen LogP contribution in [0.4, 0.5) is 13.2 Å². The van der Waals surface area contributed by atoms with Crippen LogP contribution in [0.25, 0.3) is 0 Å². The SMILES string of the molecule is O=S([O-])O[C@@H](COCc1ccccc1)[C@@H](O)C(F)(F)F. The fourth-order valence-corrected chi connectivity index (χ4v) is 1.71. The normalized spacial score (nSPS) is 16.6. The van der Waals surface area contributed by atoms with Gasteiger partial charge in [0.15, 0.2) is 6.10 Å². The summed E-state index contributed by atoms with van der Waals surface area (Å²) < 4.78 is 66.5. The zero-order valence-corrected chi connectivity index (χ0v) is 10.9. The summed E-state index contributed by atoms with van der Waals surface area (Å²) in [7, 11) is 0. The standard InChI is InChI=1S/C11H13F3O5S/c12-11(13,14)10(15)9(19-20(16)17)7-18-6-8-4-2-1-3-5-8/h1-5,9-10,15H,6-7H2,(H,16,17)/p-1/t9-,10+/m0/s1. The molecule has 0 aliphatic carbocycles. The molecule has 0 spiro atoms. The molecule has 0 aliphatic heterocycles. The minimum absolute atomic E-state index is 0.0310. The lowest BCUT2D eigenvalue weighted by atomic mass is 10.2. The third kappa shape index (κ3) is 5.97. The van der Waals surface area contributed by atoms with E-state index in [9.17, 15) is 21.9 Å². The van der Waals surface area contributed by atoms with Crippen molar-refractivity contribution in [3.8, 4) is 0 Å². The van der Waals surface area contributed by atoms with Crippen molar-refractivity contribution in [3.05, 3.63) is 35.9 Å². The third-order valence-corrected chi connectivity index (χ3v) is 2.69. The van der Waals surface area contributed by atoms with Gasteiger partial charge in [0.25, 0.3) is 0 Å². The lowest BCUT2D eigenvalue weighted by Crippen LogP contribution is -2.44. The van der Waals surface area contributed by atoms with E-state index in [0.29, 0.717) is 5.56 Å². The second-order valence-corrected chi connectivity index (χ2v) is 4.43. The maximum atomic E-state index is 12.3. The molecule has 0 saturated carbocycles. The summed E-state index contributed by atoms with van der Waals surface area (Å²) in [6.07, 6.45) is -9.99. The van der Waals surface area contributed by atoms with Crippen molar-refractivity contribution in [2.75, 3.05) is 6.61 Å². The van der Waals surface area contributed by atoms with Crippen molar-refractivity contribution in [2.45, 2.75) is 25.0 Å². The molecule has 5 nitrogen and oxygen atoms in total. The van der Waals surface area contributed by atoms with Gasteiger partial charge in [-0.15, -0.1) is 0 Å². The molecule has 1 unspecified atom stereocenters. The molecule has 0 bridgehead atoms. The van der Waals surface area contributed by atoms with Gasteiger partial charge < -0.3 is 14.4 Å². The van der Waals surface area contributed by atoms with Crippen LogP contribution < -0.4 is 0 Å². The predicted octanol–water partition coefficient (Wildman–Crippen LogP) is 1.31. The minimum Gasteiger partial charge on any atom is -0.750 e. The summed E-state index contributed by atoms with van der Waals surface area (Å²) in [6.45, 7) is -0.750. The van der Waals surface area contributed by atoms with E-state index in [1.54, 1.807) is 30.3 Å². The highest BCUT2D eigenvalue weighted by Gasteiger charge is 2.44. The smallest absolute Gasteiger partial charge is 0.417 e. The van der Waals surface area contributed by atoms with E-state index in [4.69, 9.17) is 9.84 Å². The molecule has 114 valence electrons. The van der Waals surface area contributed by atoms with Gasteiger partial charge in [-0.3, -0.25) is 4.18 Å². The largest absolute Gasteiger partial charge is 0.750 e. The summed E-state index contributed by atoms with van der Waals surface area (Å²) in [4.78, 5) is 0. The highest BCUT2D eigenvalue weighted by molar-refractivity contribution is 7.74. The molecule has 0 aliphatic rings. The van der Waals surface area contributed by atoms with E-state index in [1.165, 1.54) is 0 Å². The van der Waals surface area contributed by atoms with Gasteiger partial charge in [0.1, 0.15) is 6.10 Å². The summed E-state index contributed by atoms with van der Waals surface area (Å²) >= 11 is -3.19. The lowest BCUT2D eigenvalue weighted by Gasteiger charge is -2.25. The summed E-state index contributed by atoms with van der Waals surface area (Å²) in [6, 6.07) is 8.54. The first-order valence-electron chi connectivity index (χ1n) is 5.43. The first-order chi connectivity index (χ1) is 9.30. The molecule has 0 fully saturated rings. The molecule has 0 aromatic heterocycles. The topological polar surface area (TPSA) is 78.8 Å². The van der Waals surface area contributed by atoms with Crippen molar-refractivity contribution in [1.82, 2.24) is 0 Å². The quantitative estimate of drug-likeness (QED) is 0.768. The van der Waals surface area contributed by atoms with Crippen molar-refractivity contribution in [1.29, 1.82) is 0 Å². The number of rotatable bonds is 7. The molecule has 1 rings (SSSR count). The Bertz CT molecular complexity index is 426. The Kier molecular flexibility index (Phi) is 6.56. The number of alkyl halides is 3. The summed E-state index contributed by atoms with van der Waals surface area (Å²) in [5, 5.41) is 8.99. The zero-order chi connectivity index (χ0) is 15.2. The van der Waals surface area contributed by atoms with Crippen LogP contribution in [-0.2, 0) is 26.9 Å². The molecular weight excluding hydrogens is 301 g/mol. The number of hydrogen-bond acceptors (Lipinski definition) is 5. The van der Waals surface area contributed by atoms with Gasteiger partial charge in [-0.2, -0.15) is 13.2 Å². The Morgan fingerprint density at radius 2 is 1.90 bits per heavy atom. The van der Waals surface area contributed by atoms with Crippen molar-refractivity contribution >= 4 is 11.4 Å². The Morgan fingerprint density at radius 1 is 1.30 bits per heavy atom. The minimum atomic E-state index is -5.00. The molecule has 0 amide bonds. The maximum absolute atomic E-state index is 12.3. The highest BCUT2D eigenvalue weighted by Crippen LogP contribution is 2.24. The van der Waals surface area contributed by atoms with Gasteiger partial charge in [0, 0.05) is 0 Å². The molecule has 1 aromatic carbocycles.